The molecule has 4 aliphatic rings. The number of nitrogens with one attached hydrogen (secondary N) is 1. The highest BCUT2D eigenvalue weighted by atomic mass is 32.1. The maximum Gasteiger partial charge on any atom is 0.508 e. The molecule has 5 N–H and O–H groups in total. The number of carbonyl (C=O) groups is 1. The molecule has 0 spiro atoms. The fraction of sp³-hybridized carbons (Fsp3) is 0.600. The number of hydrogen-bond acceptors (Lipinski definition) is 7. The van der Waals surface area contributed by atoms with Crippen LogP contribution in [0.4, 0.5) is 14.9 Å². The Balaban J connectivity index is 1.46. The number of allylic oxidation sites excluding steroid dienone is 3. The predicted octanol–water partition coefficient (Wildman–Crippen LogP) is 4.63. The van der Waals surface area contributed by atoms with E-state index in [2.05, 4.69) is 25.6 Å². The van der Waals surface area contributed by atoms with Gasteiger partial charge in [0.1, 0.15) is 22.6 Å². The summed E-state index contributed by atoms with van der Waals surface area (Å²) in [5.41, 5.74) is 0.539. The molecule has 0 heterocycles. The van der Waals surface area contributed by atoms with Crippen molar-refractivity contribution in [2.24, 2.45) is 28.6 Å². The molecule has 1 aromatic rings. The first kappa shape index (κ1) is 28.3. The molecule has 0 amide bonds. The number of aliphatic hydroxyl groups excluding tert-OH is 2. The molecule has 0 radical (unpaired) electrons. The Hall–Kier alpha value is -2.20. The van der Waals surface area contributed by atoms with Crippen molar-refractivity contribution in [3.8, 4) is 0 Å². The molecule has 8 atom stereocenters. The van der Waals surface area contributed by atoms with Crippen LogP contribution in [-0.2, 0) is 9.47 Å². The van der Waals surface area contributed by atoms with E-state index in [0.717, 1.165) is 36.2 Å². The van der Waals surface area contributed by atoms with Crippen molar-refractivity contribution in [2.75, 3.05) is 6.61 Å². The summed E-state index contributed by atoms with van der Waals surface area (Å²) in [6.45, 7) is 6.11. The molecule has 212 valence electrons. The second-order valence-corrected chi connectivity index (χ2v) is 12.7. The Morgan fingerprint density at radius 3 is 2.67 bits per heavy atom. The van der Waals surface area contributed by atoms with E-state index in [1.165, 1.54) is 23.9 Å². The molecule has 0 bridgehead atoms. The molecule has 39 heavy (non-hydrogen) atoms. The first-order valence-electron chi connectivity index (χ1n) is 13.9. The molecular weight excluding hydrogens is 519 g/mol. The topological polar surface area (TPSA) is 116 Å². The maximum absolute atomic E-state index is 13.4. The molecular formula is C30H40FN2O5S+. The van der Waals surface area contributed by atoms with Gasteiger partial charge in [0.15, 0.2) is 5.60 Å². The van der Waals surface area contributed by atoms with Crippen molar-refractivity contribution in [3.05, 3.63) is 53.0 Å². The average molecular weight is 560 g/mol. The second kappa shape index (κ2) is 10.3. The molecule has 7 nitrogen and oxygen atoms in total. The lowest BCUT2D eigenvalue weighted by Gasteiger charge is -2.61. The van der Waals surface area contributed by atoms with Crippen LogP contribution in [0.5, 0.6) is 0 Å². The SMILES string of the molecule is CCOC(=O)O[C@]1(C(O)S)CCC2[C@@H]3CCC4=CC([NH2+]c5ccc(F)cc5)=C(C=N)C[C@]4(C)C3[C@@H](O)C[C@@]21C. The van der Waals surface area contributed by atoms with Gasteiger partial charge in [0, 0.05) is 29.3 Å². The van der Waals surface area contributed by atoms with Crippen molar-refractivity contribution in [3.63, 3.8) is 0 Å². The second-order valence-electron chi connectivity index (χ2n) is 12.2. The number of benzene rings is 1. The van der Waals surface area contributed by atoms with Gasteiger partial charge < -0.3 is 25.1 Å². The van der Waals surface area contributed by atoms with Crippen LogP contribution in [0.1, 0.15) is 59.3 Å². The number of halogens is 1. The van der Waals surface area contributed by atoms with E-state index in [9.17, 15) is 19.4 Å². The van der Waals surface area contributed by atoms with Crippen molar-refractivity contribution in [1.29, 1.82) is 5.41 Å². The molecule has 5 rings (SSSR count). The predicted molar refractivity (Wildman–Crippen MR) is 148 cm³/mol. The lowest BCUT2D eigenvalue weighted by molar-refractivity contribution is -0.513. The molecule has 3 unspecified atom stereocenters. The van der Waals surface area contributed by atoms with Crippen molar-refractivity contribution < 1.29 is 34.2 Å². The number of hydrogen-bond donors (Lipinski definition) is 5. The van der Waals surface area contributed by atoms with Gasteiger partial charge in [-0.25, -0.2) is 9.18 Å². The van der Waals surface area contributed by atoms with Gasteiger partial charge >= 0.3 is 6.16 Å². The number of rotatable bonds is 6. The molecule has 0 aliphatic heterocycles. The quantitative estimate of drug-likeness (QED) is 0.115. The molecule has 0 saturated heterocycles. The van der Waals surface area contributed by atoms with Crippen molar-refractivity contribution in [1.82, 2.24) is 0 Å². The Bertz CT molecular complexity index is 1200. The number of nitrogens with two attached hydrogens (primary N) is 1. The van der Waals surface area contributed by atoms with Crippen LogP contribution in [0.15, 0.2) is 47.2 Å². The minimum atomic E-state index is -1.25. The fourth-order valence-corrected chi connectivity index (χ4v) is 9.17. The van der Waals surface area contributed by atoms with Crippen molar-refractivity contribution in [2.45, 2.75) is 76.4 Å². The number of carbonyl (C=O) groups excluding carboxylic acids is 1. The summed E-state index contributed by atoms with van der Waals surface area (Å²) in [4.78, 5) is 12.5. The summed E-state index contributed by atoms with van der Waals surface area (Å²) in [6.07, 6.45) is 6.03. The highest BCUT2D eigenvalue weighted by molar-refractivity contribution is 7.80. The largest absolute Gasteiger partial charge is 0.508 e. The van der Waals surface area contributed by atoms with Gasteiger partial charge in [0.25, 0.3) is 0 Å². The first-order chi connectivity index (χ1) is 18.5. The average Bonchev–Trinajstić information content (AvgIpc) is 3.17. The smallest absolute Gasteiger partial charge is 0.435 e. The van der Waals surface area contributed by atoms with Gasteiger partial charge in [-0.05, 0) is 86.8 Å². The van der Waals surface area contributed by atoms with Gasteiger partial charge in [-0.15, -0.1) is 12.6 Å². The van der Waals surface area contributed by atoms with Crippen LogP contribution >= 0.6 is 12.6 Å². The first-order valence-corrected chi connectivity index (χ1v) is 14.5. The normalized spacial score (nSPS) is 38.2. The van der Waals surface area contributed by atoms with Crippen molar-refractivity contribution >= 4 is 30.7 Å². The molecule has 4 aliphatic carbocycles. The third-order valence-corrected chi connectivity index (χ3v) is 10.8. The van der Waals surface area contributed by atoms with E-state index in [4.69, 9.17) is 14.9 Å². The highest BCUT2D eigenvalue weighted by Gasteiger charge is 2.70. The van der Waals surface area contributed by atoms with Crippen LogP contribution < -0.4 is 5.32 Å². The third kappa shape index (κ3) is 4.46. The van der Waals surface area contributed by atoms with E-state index in [1.54, 1.807) is 19.1 Å². The minimum absolute atomic E-state index is 0.0339. The summed E-state index contributed by atoms with van der Waals surface area (Å²) < 4.78 is 24.4. The zero-order valence-electron chi connectivity index (χ0n) is 22.8. The van der Waals surface area contributed by atoms with E-state index < -0.39 is 28.7 Å². The molecule has 1 aromatic carbocycles. The van der Waals surface area contributed by atoms with E-state index in [-0.39, 0.29) is 35.6 Å². The minimum Gasteiger partial charge on any atom is -0.435 e. The van der Waals surface area contributed by atoms with Gasteiger partial charge in [-0.3, -0.25) is 5.32 Å². The van der Waals surface area contributed by atoms with E-state index in [0.29, 0.717) is 19.3 Å². The lowest BCUT2D eigenvalue weighted by Crippen LogP contribution is -2.76. The lowest BCUT2D eigenvalue weighted by atomic mass is 9.45. The fourth-order valence-electron chi connectivity index (χ4n) is 8.69. The zero-order chi connectivity index (χ0) is 28.2. The maximum atomic E-state index is 13.4. The van der Waals surface area contributed by atoms with E-state index >= 15 is 0 Å². The molecule has 0 aromatic heterocycles. The standard InChI is InChI=1S/C30H39FN2O5S/c1-4-37-27(36)38-30(26(35)39)12-11-22-21-10-5-18-13-23(33-20-8-6-19(31)7-9-20)17(16-32)14-28(18,2)25(21)24(34)15-29(22,30)3/h6-9,13,16,21-22,24-26,32-35,39H,4-5,10-12,14-15H2,1-3H3/p+1/t21-,22?,24-,25?,26?,28-,29-,30-/m0/s1. The van der Waals surface area contributed by atoms with E-state index in [1.807, 2.05) is 12.2 Å². The van der Waals surface area contributed by atoms with Crippen LogP contribution in [0.3, 0.4) is 0 Å². The summed E-state index contributed by atoms with van der Waals surface area (Å²) in [6, 6.07) is 6.34. The Kier molecular flexibility index (Phi) is 7.50. The summed E-state index contributed by atoms with van der Waals surface area (Å²) in [5, 5.41) is 32.9. The van der Waals surface area contributed by atoms with Gasteiger partial charge in [-0.2, -0.15) is 0 Å². The van der Waals surface area contributed by atoms with Crippen LogP contribution in [0, 0.1) is 39.8 Å². The van der Waals surface area contributed by atoms with Gasteiger partial charge in [-0.1, -0.05) is 19.4 Å². The highest BCUT2D eigenvalue weighted by Crippen LogP contribution is 2.69. The van der Waals surface area contributed by atoms with Gasteiger partial charge in [0.05, 0.1) is 12.7 Å². The Morgan fingerprint density at radius 2 is 2.03 bits per heavy atom. The monoisotopic (exact) mass is 559 g/mol. The van der Waals surface area contributed by atoms with Gasteiger partial charge in [0.2, 0.25) is 0 Å². The number of ether oxygens (including phenoxy) is 2. The van der Waals surface area contributed by atoms with Crippen LogP contribution in [0.25, 0.3) is 0 Å². The summed E-state index contributed by atoms with van der Waals surface area (Å²) >= 11 is 4.39. The number of thiol groups is 1. The molecule has 3 saturated carbocycles. The van der Waals surface area contributed by atoms with Crippen LogP contribution in [-0.4, -0.2) is 46.3 Å². The number of quaternary nitrogens is 1. The summed E-state index contributed by atoms with van der Waals surface area (Å²) in [5.74, 6) is -0.0303. The Morgan fingerprint density at radius 1 is 1.31 bits per heavy atom. The van der Waals surface area contributed by atoms with Crippen LogP contribution in [0.2, 0.25) is 0 Å². The third-order valence-electron chi connectivity index (χ3n) is 10.4. The Labute approximate surface area is 234 Å². The number of aliphatic hydroxyl groups is 2. The zero-order valence-corrected chi connectivity index (χ0v) is 23.7. The molecule has 9 heteroatoms. The molecule has 3 fully saturated rings. The summed E-state index contributed by atoms with van der Waals surface area (Å²) in [7, 11) is 0. The number of fused-ring (bicyclic) bond motifs is 5.